The Morgan fingerprint density at radius 1 is 1.14 bits per heavy atom. The fourth-order valence-corrected chi connectivity index (χ4v) is 4.59. The average molecular weight is 497 g/mol. The highest BCUT2D eigenvalue weighted by molar-refractivity contribution is 5.74. The van der Waals surface area contributed by atoms with Gasteiger partial charge in [0, 0.05) is 55.4 Å². The molecule has 3 aromatic rings. The van der Waals surface area contributed by atoms with E-state index in [4.69, 9.17) is 11.6 Å². The minimum absolute atomic E-state index is 0.283. The number of likely N-dealkylation sites (tertiary alicyclic amines) is 1. The van der Waals surface area contributed by atoms with Gasteiger partial charge in [0.1, 0.15) is 0 Å². The third-order valence-electron chi connectivity index (χ3n) is 6.64. The molecular formula is C25H27F3N8. The van der Waals surface area contributed by atoms with Crippen molar-refractivity contribution in [3.63, 3.8) is 0 Å². The smallest absolute Gasteiger partial charge is 0.397 e. The van der Waals surface area contributed by atoms with Gasteiger partial charge in [-0.15, -0.1) is 0 Å². The van der Waals surface area contributed by atoms with Crippen LogP contribution in [0.25, 0.3) is 5.70 Å². The molecule has 1 fully saturated rings. The van der Waals surface area contributed by atoms with Crippen LogP contribution in [0.4, 0.5) is 36.2 Å². The van der Waals surface area contributed by atoms with Gasteiger partial charge in [0.25, 0.3) is 0 Å². The topological polar surface area (TPSA) is 108 Å². The first-order valence-electron chi connectivity index (χ1n) is 11.5. The van der Waals surface area contributed by atoms with Crippen LogP contribution in [0.5, 0.6) is 0 Å². The molecule has 0 atom stereocenters. The van der Waals surface area contributed by atoms with E-state index in [1.807, 2.05) is 12.1 Å². The molecule has 188 valence electrons. The SMILES string of the molecule is C=C(c1ccc(N)c(NN)c1)N1CC(N2Cc3cnc(Nc4cc(C)cc(C(F)(F)F)c4)nc3C2)C1. The van der Waals surface area contributed by atoms with Gasteiger partial charge in [-0.05, 0) is 48.4 Å². The van der Waals surface area contributed by atoms with Crippen molar-refractivity contribution in [1.29, 1.82) is 0 Å². The lowest BCUT2D eigenvalue weighted by atomic mass is 10.0. The fraction of sp³-hybridized carbons (Fsp3) is 0.280. The molecule has 2 aromatic carbocycles. The Labute approximate surface area is 206 Å². The third-order valence-corrected chi connectivity index (χ3v) is 6.64. The van der Waals surface area contributed by atoms with Gasteiger partial charge in [0.05, 0.1) is 22.6 Å². The lowest BCUT2D eigenvalue weighted by Crippen LogP contribution is -2.56. The predicted molar refractivity (Wildman–Crippen MR) is 134 cm³/mol. The zero-order chi connectivity index (χ0) is 25.6. The number of nitrogens with two attached hydrogens (primary N) is 2. The van der Waals surface area contributed by atoms with Gasteiger partial charge in [0.2, 0.25) is 5.95 Å². The number of nitrogens with one attached hydrogen (secondary N) is 2. The lowest BCUT2D eigenvalue weighted by Gasteiger charge is -2.46. The van der Waals surface area contributed by atoms with E-state index in [9.17, 15) is 13.2 Å². The Hall–Kier alpha value is -3.83. The van der Waals surface area contributed by atoms with Gasteiger partial charge in [-0.1, -0.05) is 12.6 Å². The van der Waals surface area contributed by atoms with Crippen LogP contribution < -0.4 is 22.3 Å². The minimum Gasteiger partial charge on any atom is -0.397 e. The van der Waals surface area contributed by atoms with E-state index in [0.717, 1.165) is 54.3 Å². The van der Waals surface area contributed by atoms with E-state index < -0.39 is 11.7 Å². The van der Waals surface area contributed by atoms with Gasteiger partial charge in [-0.2, -0.15) is 13.2 Å². The molecule has 36 heavy (non-hydrogen) atoms. The largest absolute Gasteiger partial charge is 0.416 e. The highest BCUT2D eigenvalue weighted by Gasteiger charge is 2.36. The van der Waals surface area contributed by atoms with Crippen LogP contribution in [-0.2, 0) is 19.3 Å². The van der Waals surface area contributed by atoms with E-state index in [1.54, 1.807) is 25.3 Å². The number of aryl methyl sites for hydroxylation is 1. The van der Waals surface area contributed by atoms with Gasteiger partial charge < -0.3 is 21.4 Å². The molecule has 0 amide bonds. The normalized spacial score (nSPS) is 16.0. The Balaban J connectivity index is 1.21. The number of nitrogen functional groups attached to an aromatic ring is 2. The molecule has 3 heterocycles. The lowest BCUT2D eigenvalue weighted by molar-refractivity contribution is -0.137. The fourth-order valence-electron chi connectivity index (χ4n) is 4.59. The van der Waals surface area contributed by atoms with Crippen LogP contribution in [0.15, 0.2) is 49.2 Å². The molecule has 0 spiro atoms. The summed E-state index contributed by atoms with van der Waals surface area (Å²) in [7, 11) is 0. The van der Waals surface area contributed by atoms with Crippen LogP contribution >= 0.6 is 0 Å². The molecule has 5 rings (SSSR count). The Bertz CT molecular complexity index is 1320. The van der Waals surface area contributed by atoms with E-state index in [0.29, 0.717) is 35.2 Å². The third kappa shape index (κ3) is 4.67. The summed E-state index contributed by atoms with van der Waals surface area (Å²) in [6, 6.07) is 9.76. The highest BCUT2D eigenvalue weighted by Crippen LogP contribution is 2.34. The molecule has 2 aliphatic rings. The molecule has 8 nitrogen and oxygen atoms in total. The van der Waals surface area contributed by atoms with Crippen LogP contribution in [0.1, 0.15) is 27.9 Å². The average Bonchev–Trinajstić information content (AvgIpc) is 3.20. The molecule has 1 aromatic heterocycles. The zero-order valence-corrected chi connectivity index (χ0v) is 19.7. The van der Waals surface area contributed by atoms with Gasteiger partial charge in [-0.3, -0.25) is 10.7 Å². The maximum atomic E-state index is 13.2. The molecule has 1 saturated heterocycles. The standard InChI is InChI=1S/C25H27F3N8/c1-14-5-18(25(26,27)28)8-19(6-14)32-24-31-9-17-10-36(13-23(17)33-24)20-11-35(12-20)15(2)16-3-4-21(29)22(7-16)34-30/h3-9,20,34H,2,10-13,29-30H2,1H3,(H,31,32,33). The van der Waals surface area contributed by atoms with Crippen molar-refractivity contribution < 1.29 is 13.2 Å². The number of rotatable bonds is 6. The van der Waals surface area contributed by atoms with Crippen molar-refractivity contribution in [3.05, 3.63) is 77.1 Å². The Kier molecular flexibility index (Phi) is 5.97. The molecule has 11 heteroatoms. The molecule has 2 aliphatic heterocycles. The molecule has 0 saturated carbocycles. The van der Waals surface area contributed by atoms with Crippen molar-refractivity contribution in [2.24, 2.45) is 5.84 Å². The number of hydrazine groups is 1. The first kappa shape index (κ1) is 23.9. The second kappa shape index (κ2) is 8.99. The Morgan fingerprint density at radius 3 is 2.64 bits per heavy atom. The van der Waals surface area contributed by atoms with Crippen LogP contribution in [0.3, 0.4) is 0 Å². The molecule has 0 bridgehead atoms. The number of hydrogen-bond acceptors (Lipinski definition) is 8. The summed E-state index contributed by atoms with van der Waals surface area (Å²) in [5.74, 6) is 5.82. The monoisotopic (exact) mass is 496 g/mol. The zero-order valence-electron chi connectivity index (χ0n) is 19.7. The number of anilines is 4. The number of fused-ring (bicyclic) bond motifs is 1. The first-order valence-corrected chi connectivity index (χ1v) is 11.5. The number of alkyl halides is 3. The maximum absolute atomic E-state index is 13.2. The molecule has 0 aliphatic carbocycles. The summed E-state index contributed by atoms with van der Waals surface area (Å²) in [5, 5.41) is 2.93. The van der Waals surface area contributed by atoms with E-state index in [-0.39, 0.29) is 5.95 Å². The second-order valence-electron chi connectivity index (χ2n) is 9.23. The van der Waals surface area contributed by atoms with Crippen LogP contribution in [-0.4, -0.2) is 38.9 Å². The maximum Gasteiger partial charge on any atom is 0.416 e. The quantitative estimate of drug-likeness (QED) is 0.230. The van der Waals surface area contributed by atoms with Gasteiger partial charge >= 0.3 is 6.18 Å². The number of benzene rings is 2. The highest BCUT2D eigenvalue weighted by atomic mass is 19.4. The minimum atomic E-state index is -4.42. The first-order chi connectivity index (χ1) is 17.1. The van der Waals surface area contributed by atoms with Crippen molar-refractivity contribution >= 4 is 28.7 Å². The summed E-state index contributed by atoms with van der Waals surface area (Å²) in [4.78, 5) is 13.4. The molecule has 6 N–H and O–H groups in total. The predicted octanol–water partition coefficient (Wildman–Crippen LogP) is 4.09. The number of hydrogen-bond donors (Lipinski definition) is 4. The van der Waals surface area contributed by atoms with Crippen molar-refractivity contribution in [2.45, 2.75) is 32.2 Å². The molecule has 0 radical (unpaired) electrons. The van der Waals surface area contributed by atoms with Crippen molar-refractivity contribution in [2.75, 3.05) is 29.6 Å². The van der Waals surface area contributed by atoms with Crippen LogP contribution in [0.2, 0.25) is 0 Å². The molecule has 0 unspecified atom stereocenters. The summed E-state index contributed by atoms with van der Waals surface area (Å²) in [6.45, 7) is 8.88. The number of halogens is 3. The van der Waals surface area contributed by atoms with Crippen LogP contribution in [0, 0.1) is 6.92 Å². The summed E-state index contributed by atoms with van der Waals surface area (Å²) >= 11 is 0. The Morgan fingerprint density at radius 2 is 1.92 bits per heavy atom. The van der Waals surface area contributed by atoms with Gasteiger partial charge in [0.15, 0.2) is 0 Å². The summed E-state index contributed by atoms with van der Waals surface area (Å²) in [5.41, 5.74) is 13.6. The van der Waals surface area contributed by atoms with E-state index in [2.05, 4.69) is 37.1 Å². The second-order valence-corrected chi connectivity index (χ2v) is 9.23. The number of aromatic nitrogens is 2. The van der Waals surface area contributed by atoms with Crippen molar-refractivity contribution in [1.82, 2.24) is 19.8 Å². The summed E-state index contributed by atoms with van der Waals surface area (Å²) < 4.78 is 39.5. The molecular weight excluding hydrogens is 469 g/mol. The van der Waals surface area contributed by atoms with Crippen molar-refractivity contribution in [3.8, 4) is 0 Å². The van der Waals surface area contributed by atoms with E-state index in [1.165, 1.54) is 0 Å². The number of nitrogens with zero attached hydrogens (tertiary/aromatic N) is 4. The summed E-state index contributed by atoms with van der Waals surface area (Å²) in [6.07, 6.45) is -2.67. The van der Waals surface area contributed by atoms with E-state index >= 15 is 0 Å². The van der Waals surface area contributed by atoms with Gasteiger partial charge in [-0.25, -0.2) is 9.97 Å².